The highest BCUT2D eigenvalue weighted by Crippen LogP contribution is 2.32. The molecule has 5 nitrogen and oxygen atoms in total. The Morgan fingerprint density at radius 2 is 2.00 bits per heavy atom. The van der Waals surface area contributed by atoms with E-state index in [4.69, 9.17) is 4.98 Å². The molecule has 0 radical (unpaired) electrons. The summed E-state index contributed by atoms with van der Waals surface area (Å²) in [4.78, 5) is 19.7. The van der Waals surface area contributed by atoms with Crippen LogP contribution in [-0.2, 0) is 13.5 Å². The van der Waals surface area contributed by atoms with Crippen LogP contribution in [-0.4, -0.2) is 32.1 Å². The van der Waals surface area contributed by atoms with E-state index in [0.29, 0.717) is 5.56 Å². The maximum Gasteiger partial charge on any atom is 0.257 e. The van der Waals surface area contributed by atoms with E-state index < -0.39 is 0 Å². The first-order valence-corrected chi connectivity index (χ1v) is 9.00. The fourth-order valence-electron chi connectivity index (χ4n) is 3.60. The Hall–Kier alpha value is -2.95. The Balaban J connectivity index is 1.56. The van der Waals surface area contributed by atoms with Gasteiger partial charge in [-0.25, -0.2) is 0 Å². The molecule has 0 saturated carbocycles. The van der Waals surface area contributed by atoms with Gasteiger partial charge in [-0.15, -0.1) is 0 Å². The van der Waals surface area contributed by atoms with Crippen LogP contribution in [0, 0.1) is 0 Å². The van der Waals surface area contributed by atoms with Gasteiger partial charge in [0, 0.05) is 31.9 Å². The number of aryl methyl sites for hydroxylation is 1. The fraction of sp³-hybridized carbons (Fsp3) is 0.286. The van der Waals surface area contributed by atoms with Crippen LogP contribution in [0.15, 0.2) is 60.9 Å². The van der Waals surface area contributed by atoms with Crippen LogP contribution in [0.2, 0.25) is 0 Å². The van der Waals surface area contributed by atoms with Crippen molar-refractivity contribution in [2.75, 3.05) is 6.54 Å². The monoisotopic (exact) mass is 346 g/mol. The highest BCUT2D eigenvalue weighted by molar-refractivity contribution is 5.94. The van der Waals surface area contributed by atoms with E-state index in [2.05, 4.69) is 23.3 Å². The van der Waals surface area contributed by atoms with Crippen molar-refractivity contribution >= 4 is 5.91 Å². The molecule has 1 saturated heterocycles. The van der Waals surface area contributed by atoms with Crippen molar-refractivity contribution in [3.8, 4) is 0 Å². The molecule has 0 N–H and O–H groups in total. The molecule has 1 aliphatic rings. The maximum absolute atomic E-state index is 12.9. The van der Waals surface area contributed by atoms with Gasteiger partial charge in [-0.1, -0.05) is 36.4 Å². The third-order valence-electron chi connectivity index (χ3n) is 4.86. The molecule has 26 heavy (non-hydrogen) atoms. The number of aromatic nitrogens is 3. The van der Waals surface area contributed by atoms with E-state index in [-0.39, 0.29) is 11.9 Å². The second-order valence-corrected chi connectivity index (χ2v) is 6.78. The molecule has 4 rings (SSSR count). The second-order valence-electron chi connectivity index (χ2n) is 6.78. The number of pyridine rings is 1. The van der Waals surface area contributed by atoms with Crippen molar-refractivity contribution in [3.63, 3.8) is 0 Å². The van der Waals surface area contributed by atoms with Crippen LogP contribution in [0.3, 0.4) is 0 Å². The molecule has 132 valence electrons. The zero-order valence-corrected chi connectivity index (χ0v) is 14.9. The first-order chi connectivity index (χ1) is 12.7. The van der Waals surface area contributed by atoms with Gasteiger partial charge in [-0.2, -0.15) is 5.10 Å². The highest BCUT2D eigenvalue weighted by atomic mass is 16.2. The summed E-state index contributed by atoms with van der Waals surface area (Å²) in [5.41, 5.74) is 3.90. The molecule has 1 aliphatic heterocycles. The summed E-state index contributed by atoms with van der Waals surface area (Å²) in [6, 6.07) is 16.5. The Morgan fingerprint density at radius 1 is 1.15 bits per heavy atom. The smallest absolute Gasteiger partial charge is 0.257 e. The molecule has 0 aliphatic carbocycles. The van der Waals surface area contributed by atoms with Gasteiger partial charge in [0.25, 0.3) is 5.91 Å². The predicted octanol–water partition coefficient (Wildman–Crippen LogP) is 3.38. The number of hydrogen-bond acceptors (Lipinski definition) is 3. The average molecular weight is 346 g/mol. The van der Waals surface area contributed by atoms with Gasteiger partial charge in [0.15, 0.2) is 0 Å². The predicted molar refractivity (Wildman–Crippen MR) is 99.7 cm³/mol. The Kier molecular flexibility index (Phi) is 4.52. The first-order valence-electron chi connectivity index (χ1n) is 9.00. The average Bonchev–Trinajstić information content (AvgIpc) is 3.31. The summed E-state index contributed by atoms with van der Waals surface area (Å²) in [6.07, 6.45) is 6.17. The third-order valence-corrected chi connectivity index (χ3v) is 4.86. The van der Waals surface area contributed by atoms with Crippen LogP contribution >= 0.6 is 0 Å². The highest BCUT2D eigenvalue weighted by Gasteiger charge is 2.32. The molecule has 1 fully saturated rings. The molecular formula is C21H22N4O. The van der Waals surface area contributed by atoms with Crippen LogP contribution in [0.5, 0.6) is 0 Å². The van der Waals surface area contributed by atoms with E-state index in [1.807, 2.05) is 42.3 Å². The van der Waals surface area contributed by atoms with Crippen LogP contribution < -0.4 is 0 Å². The fourth-order valence-corrected chi connectivity index (χ4v) is 3.60. The second kappa shape index (κ2) is 7.12. The largest absolute Gasteiger partial charge is 0.330 e. The van der Waals surface area contributed by atoms with Crippen molar-refractivity contribution in [1.29, 1.82) is 0 Å². The van der Waals surface area contributed by atoms with Gasteiger partial charge in [-0.05, 0) is 30.5 Å². The zero-order chi connectivity index (χ0) is 17.9. The summed E-state index contributed by atoms with van der Waals surface area (Å²) < 4.78 is 1.66. The lowest BCUT2D eigenvalue weighted by atomic mass is 10.1. The van der Waals surface area contributed by atoms with Crippen LogP contribution in [0.4, 0.5) is 0 Å². The summed E-state index contributed by atoms with van der Waals surface area (Å²) in [5, 5.41) is 4.12. The number of rotatable bonds is 4. The summed E-state index contributed by atoms with van der Waals surface area (Å²) in [5.74, 6) is 0.0378. The molecule has 2 aromatic heterocycles. The molecule has 0 unspecified atom stereocenters. The van der Waals surface area contributed by atoms with E-state index in [1.165, 1.54) is 5.56 Å². The van der Waals surface area contributed by atoms with E-state index >= 15 is 0 Å². The molecule has 0 bridgehead atoms. The maximum atomic E-state index is 12.9. The van der Waals surface area contributed by atoms with Gasteiger partial charge in [-0.3, -0.25) is 14.5 Å². The van der Waals surface area contributed by atoms with Gasteiger partial charge < -0.3 is 4.90 Å². The van der Waals surface area contributed by atoms with Crippen molar-refractivity contribution in [1.82, 2.24) is 19.7 Å². The number of carbonyl (C=O) groups excluding carboxylic acids is 1. The lowest BCUT2D eigenvalue weighted by Crippen LogP contribution is -2.30. The lowest BCUT2D eigenvalue weighted by Gasteiger charge is -2.24. The molecule has 1 atom stereocenters. The molecular weight excluding hydrogens is 324 g/mol. The molecule has 1 amide bonds. The summed E-state index contributed by atoms with van der Waals surface area (Å²) in [7, 11) is 1.83. The minimum atomic E-state index is 0.0378. The van der Waals surface area contributed by atoms with Crippen molar-refractivity contribution in [3.05, 3.63) is 83.4 Å². The lowest BCUT2D eigenvalue weighted by molar-refractivity contribution is 0.0732. The van der Waals surface area contributed by atoms with Crippen molar-refractivity contribution < 1.29 is 4.79 Å². The standard InChI is InChI=1S/C21H22N4O/c1-24-15-17(14-22-24)21(26)25-12-6-11-20(25)19-10-5-9-18(23-19)13-16-7-3-2-4-8-16/h2-5,7-10,14-15,20H,6,11-13H2,1H3/t20-/m0/s1. The topological polar surface area (TPSA) is 51.0 Å². The normalized spacial score (nSPS) is 16.8. The third kappa shape index (κ3) is 3.38. The number of benzene rings is 1. The van der Waals surface area contributed by atoms with Gasteiger partial charge >= 0.3 is 0 Å². The Morgan fingerprint density at radius 3 is 2.77 bits per heavy atom. The molecule has 3 aromatic rings. The number of hydrogen-bond donors (Lipinski definition) is 0. The number of carbonyl (C=O) groups is 1. The molecule has 5 heteroatoms. The Labute approximate surface area is 153 Å². The van der Waals surface area contributed by atoms with Crippen LogP contribution in [0.25, 0.3) is 0 Å². The minimum absolute atomic E-state index is 0.0378. The number of nitrogens with zero attached hydrogens (tertiary/aromatic N) is 4. The van der Waals surface area contributed by atoms with Crippen molar-refractivity contribution in [2.45, 2.75) is 25.3 Å². The van der Waals surface area contributed by atoms with E-state index in [0.717, 1.165) is 37.2 Å². The number of amides is 1. The first kappa shape index (κ1) is 16.5. The van der Waals surface area contributed by atoms with Gasteiger partial charge in [0.1, 0.15) is 0 Å². The van der Waals surface area contributed by atoms with E-state index in [1.54, 1.807) is 17.1 Å². The molecule has 3 heterocycles. The van der Waals surface area contributed by atoms with E-state index in [9.17, 15) is 4.79 Å². The SMILES string of the molecule is Cn1cc(C(=O)N2CCC[C@H]2c2cccc(Cc3ccccc3)n2)cn1. The number of likely N-dealkylation sites (tertiary alicyclic amines) is 1. The quantitative estimate of drug-likeness (QED) is 0.728. The Bertz CT molecular complexity index is 903. The molecule has 0 spiro atoms. The zero-order valence-electron chi connectivity index (χ0n) is 14.9. The summed E-state index contributed by atoms with van der Waals surface area (Å²) in [6.45, 7) is 0.767. The minimum Gasteiger partial charge on any atom is -0.330 e. The van der Waals surface area contributed by atoms with Crippen molar-refractivity contribution in [2.24, 2.45) is 7.05 Å². The van der Waals surface area contributed by atoms with Gasteiger partial charge in [0.2, 0.25) is 0 Å². The van der Waals surface area contributed by atoms with Gasteiger partial charge in [0.05, 0.1) is 23.5 Å². The molecule has 1 aromatic carbocycles. The van der Waals surface area contributed by atoms with Crippen LogP contribution in [0.1, 0.15) is 46.2 Å². The summed E-state index contributed by atoms with van der Waals surface area (Å²) >= 11 is 0.